The number of halogens is 2. The lowest BCUT2D eigenvalue weighted by Crippen LogP contribution is -2.42. The van der Waals surface area contributed by atoms with Gasteiger partial charge in [0.25, 0.3) is 5.91 Å². The molecule has 4 rings (SSSR count). The summed E-state index contributed by atoms with van der Waals surface area (Å²) >= 11 is 6.12. The third-order valence-electron chi connectivity index (χ3n) is 5.60. The van der Waals surface area contributed by atoms with Crippen molar-refractivity contribution in [3.05, 3.63) is 102 Å². The Balaban J connectivity index is 1.33. The molecule has 10 nitrogen and oxygen atoms in total. The molecule has 1 aliphatic heterocycles. The molecule has 0 spiro atoms. The second-order valence-corrected chi connectivity index (χ2v) is 9.16. The van der Waals surface area contributed by atoms with Gasteiger partial charge < -0.3 is 25.4 Å². The van der Waals surface area contributed by atoms with Crippen LogP contribution in [0.4, 0.5) is 15.8 Å². The molecule has 0 unspecified atom stereocenters. The number of aliphatic imine (C=N–C) groups is 1. The summed E-state index contributed by atoms with van der Waals surface area (Å²) in [6, 6.07) is 16.2. The lowest BCUT2D eigenvalue weighted by Gasteiger charge is -2.29. The minimum Gasteiger partial charge on any atom is -0.457 e. The molecule has 2 aromatic carbocycles. The van der Waals surface area contributed by atoms with Crippen molar-refractivity contribution in [2.75, 3.05) is 31.6 Å². The van der Waals surface area contributed by atoms with Crippen LogP contribution in [0, 0.1) is 6.92 Å². The molecule has 5 N–H and O–H groups in total. The Hall–Kier alpha value is -4.61. The quantitative estimate of drug-likeness (QED) is 0.166. The number of nitrogens with two attached hydrogens (primary N) is 1. The van der Waals surface area contributed by atoms with Gasteiger partial charge in [-0.1, -0.05) is 24.2 Å². The van der Waals surface area contributed by atoms with Crippen LogP contribution in [0.2, 0.25) is 5.02 Å². The van der Waals surface area contributed by atoms with Crippen LogP contribution in [0.1, 0.15) is 16.1 Å². The molecule has 1 aliphatic rings. The molecule has 1 aromatic heterocycles. The third-order valence-corrected chi connectivity index (χ3v) is 5.82. The monoisotopic (exact) mass is 565 g/mol. The van der Waals surface area contributed by atoms with Crippen LogP contribution in [-0.4, -0.2) is 47.9 Å². The number of amides is 1. The van der Waals surface area contributed by atoms with E-state index in [0.29, 0.717) is 48.5 Å². The molecule has 0 atom stereocenters. The highest BCUT2D eigenvalue weighted by molar-refractivity contribution is 6.30. The number of carbonyl (C=O) groups excluding carboxylic acids is 1. The second-order valence-electron chi connectivity index (χ2n) is 8.73. The van der Waals surface area contributed by atoms with Gasteiger partial charge in [0, 0.05) is 36.1 Å². The average Bonchev–Trinajstić information content (AvgIpc) is 2.95. The molecule has 2 heterocycles. The minimum absolute atomic E-state index is 0.00301. The van der Waals surface area contributed by atoms with Crippen LogP contribution >= 0.6 is 11.6 Å². The highest BCUT2D eigenvalue weighted by atomic mass is 35.5. The predicted molar refractivity (Wildman–Crippen MR) is 153 cm³/mol. The van der Waals surface area contributed by atoms with Crippen molar-refractivity contribution in [3.63, 3.8) is 0 Å². The molecular formula is C28H29ClFN7O3. The summed E-state index contributed by atoms with van der Waals surface area (Å²) in [6.45, 7) is 7.43. The smallest absolute Gasteiger partial charge is 0.288 e. The van der Waals surface area contributed by atoms with Crippen LogP contribution in [0.5, 0.6) is 11.5 Å². The summed E-state index contributed by atoms with van der Waals surface area (Å²) in [5, 5.41) is 3.82. The van der Waals surface area contributed by atoms with Gasteiger partial charge in [-0.15, -0.1) is 0 Å². The van der Waals surface area contributed by atoms with E-state index in [1.165, 1.54) is 6.20 Å². The number of benzene rings is 2. The number of anilines is 2. The zero-order valence-electron chi connectivity index (χ0n) is 21.8. The van der Waals surface area contributed by atoms with E-state index in [4.69, 9.17) is 26.8 Å². The number of pyridine rings is 1. The van der Waals surface area contributed by atoms with Crippen molar-refractivity contribution in [1.82, 2.24) is 20.7 Å². The third kappa shape index (κ3) is 7.95. The topological polar surface area (TPSA) is 126 Å². The van der Waals surface area contributed by atoms with Gasteiger partial charge >= 0.3 is 0 Å². The fraction of sp³-hybridized carbons (Fsp3) is 0.179. The number of rotatable bonds is 9. The Bertz CT molecular complexity index is 1400. The van der Waals surface area contributed by atoms with Crippen molar-refractivity contribution in [3.8, 4) is 11.5 Å². The molecule has 1 amide bonds. The van der Waals surface area contributed by atoms with Crippen LogP contribution in [-0.2, 0) is 4.74 Å². The number of hydrogen-bond donors (Lipinski definition) is 4. The molecule has 1 fully saturated rings. The number of nitrogens with one attached hydrogen (secondary N) is 3. The number of nitrogens with zero attached hydrogens (tertiary/aromatic N) is 3. The second kappa shape index (κ2) is 13.5. The Kier molecular flexibility index (Phi) is 9.55. The Morgan fingerprint density at radius 2 is 1.95 bits per heavy atom. The van der Waals surface area contributed by atoms with Crippen LogP contribution in [0.3, 0.4) is 0 Å². The number of hydrogen-bond acceptors (Lipinski definition) is 8. The van der Waals surface area contributed by atoms with Gasteiger partial charge in [-0.25, -0.2) is 14.4 Å². The number of morpholine rings is 1. The van der Waals surface area contributed by atoms with Gasteiger partial charge in [0.2, 0.25) is 0 Å². The summed E-state index contributed by atoms with van der Waals surface area (Å²) in [5.41, 5.74) is 12.9. The fourth-order valence-electron chi connectivity index (χ4n) is 3.78. The molecular weight excluding hydrogens is 537 g/mol. The van der Waals surface area contributed by atoms with Crippen molar-refractivity contribution in [1.29, 1.82) is 0 Å². The van der Waals surface area contributed by atoms with Gasteiger partial charge in [-0.3, -0.25) is 15.6 Å². The Morgan fingerprint density at radius 1 is 1.15 bits per heavy atom. The first kappa shape index (κ1) is 28.4. The van der Waals surface area contributed by atoms with Crippen LogP contribution in [0.25, 0.3) is 0 Å². The first-order chi connectivity index (χ1) is 19.3. The first-order valence-electron chi connectivity index (χ1n) is 12.3. The summed E-state index contributed by atoms with van der Waals surface area (Å²) in [7, 11) is 0. The zero-order chi connectivity index (χ0) is 28.5. The van der Waals surface area contributed by atoms with Crippen molar-refractivity contribution >= 4 is 34.7 Å². The summed E-state index contributed by atoms with van der Waals surface area (Å²) in [6.07, 6.45) is 2.34. The van der Waals surface area contributed by atoms with E-state index >= 15 is 0 Å². The largest absolute Gasteiger partial charge is 0.457 e. The number of ether oxygens (including phenoxy) is 2. The molecule has 0 saturated carbocycles. The van der Waals surface area contributed by atoms with Gasteiger partial charge in [0.05, 0.1) is 25.1 Å². The van der Waals surface area contributed by atoms with E-state index in [2.05, 4.69) is 32.7 Å². The first-order valence-corrected chi connectivity index (χ1v) is 12.7. The number of aromatic nitrogens is 1. The number of amidine groups is 1. The molecule has 3 aromatic rings. The van der Waals surface area contributed by atoms with E-state index in [0.717, 1.165) is 17.5 Å². The minimum atomic E-state index is -0.711. The number of aryl methyl sites for hydroxylation is 1. The lowest BCUT2D eigenvalue weighted by atomic mass is 10.2. The maximum atomic E-state index is 14.3. The standard InChI is InChI=1S/C28H29ClFN7O3/c1-18-12-20(29)14-24(13-18)40-23-5-3-4-21(15-23)34-22-6-7-26(32-17-22)28(38)36-35-19(2)33-27(25(30)16-31)37-8-10-39-11-9-37/h3-7,12-17,34-35H,2,8-11,31H2,1H3,(H,36,38)/b25-16+,33-27?. The molecule has 208 valence electrons. The van der Waals surface area contributed by atoms with E-state index in [9.17, 15) is 9.18 Å². The van der Waals surface area contributed by atoms with Crippen LogP contribution in [0.15, 0.2) is 90.2 Å². The van der Waals surface area contributed by atoms with Crippen molar-refractivity contribution in [2.24, 2.45) is 10.7 Å². The van der Waals surface area contributed by atoms with Crippen molar-refractivity contribution < 1.29 is 18.7 Å². The summed E-state index contributed by atoms with van der Waals surface area (Å²) < 4.78 is 25.5. The Morgan fingerprint density at radius 3 is 2.65 bits per heavy atom. The normalized spacial score (nSPS) is 13.9. The summed E-state index contributed by atoms with van der Waals surface area (Å²) in [4.78, 5) is 22.6. The maximum Gasteiger partial charge on any atom is 0.288 e. The van der Waals surface area contributed by atoms with Gasteiger partial charge in [0.15, 0.2) is 11.7 Å². The highest BCUT2D eigenvalue weighted by Crippen LogP contribution is 2.28. The van der Waals surface area contributed by atoms with E-state index in [-0.39, 0.29) is 17.4 Å². The molecule has 40 heavy (non-hydrogen) atoms. The Labute approximate surface area is 236 Å². The average molecular weight is 566 g/mol. The molecule has 0 radical (unpaired) electrons. The van der Waals surface area contributed by atoms with E-state index < -0.39 is 11.7 Å². The zero-order valence-corrected chi connectivity index (χ0v) is 22.5. The molecule has 0 aliphatic carbocycles. The molecule has 0 bridgehead atoms. The SMILES string of the molecule is C=C(N=C(/C(F)=C\N)N1CCOCC1)NNC(=O)c1ccc(Nc2cccc(Oc3cc(C)cc(Cl)c3)c2)cn1. The van der Waals surface area contributed by atoms with Gasteiger partial charge in [-0.2, -0.15) is 0 Å². The number of carbonyl (C=O) groups is 1. The lowest BCUT2D eigenvalue weighted by molar-refractivity contribution is 0.0676. The predicted octanol–water partition coefficient (Wildman–Crippen LogP) is 4.79. The molecule has 1 saturated heterocycles. The number of hydrazine groups is 1. The maximum absolute atomic E-state index is 14.3. The van der Waals surface area contributed by atoms with E-state index in [1.54, 1.807) is 23.1 Å². The van der Waals surface area contributed by atoms with Gasteiger partial charge in [-0.05, 0) is 55.0 Å². The fourth-order valence-corrected chi connectivity index (χ4v) is 4.06. The van der Waals surface area contributed by atoms with E-state index in [1.807, 2.05) is 43.3 Å². The van der Waals surface area contributed by atoms with Crippen molar-refractivity contribution in [2.45, 2.75) is 6.92 Å². The summed E-state index contributed by atoms with van der Waals surface area (Å²) in [5.74, 6) is 0.0431. The van der Waals surface area contributed by atoms with Gasteiger partial charge in [0.1, 0.15) is 23.0 Å². The van der Waals surface area contributed by atoms with Crippen LogP contribution < -0.4 is 26.6 Å². The highest BCUT2D eigenvalue weighted by Gasteiger charge is 2.19. The molecule has 12 heteroatoms.